The van der Waals surface area contributed by atoms with Crippen LogP contribution in [0.1, 0.15) is 10.5 Å². The minimum absolute atomic E-state index is 0.0277. The fourth-order valence-electron chi connectivity index (χ4n) is 1.34. The SMILES string of the molecule is C#CCN(C)C(=O)c1cccn1CC(F)(F)F. The third kappa shape index (κ3) is 3.55. The molecule has 0 aromatic carbocycles. The van der Waals surface area contributed by atoms with E-state index in [1.165, 1.54) is 30.3 Å². The minimum Gasteiger partial charge on any atom is -0.334 e. The van der Waals surface area contributed by atoms with E-state index < -0.39 is 18.6 Å². The molecule has 0 aliphatic carbocycles. The lowest BCUT2D eigenvalue weighted by molar-refractivity contribution is -0.140. The first-order chi connectivity index (χ1) is 7.85. The fourth-order valence-corrected chi connectivity index (χ4v) is 1.34. The van der Waals surface area contributed by atoms with Crippen LogP contribution in [0, 0.1) is 12.3 Å². The van der Waals surface area contributed by atoms with E-state index in [-0.39, 0.29) is 12.2 Å². The molecule has 0 spiro atoms. The number of aromatic nitrogens is 1. The standard InChI is InChI=1S/C11H11F3N2O/c1-3-6-15(2)10(17)9-5-4-7-16(9)8-11(12,13)14/h1,4-5,7H,6,8H2,2H3. The molecule has 0 unspecified atom stereocenters. The zero-order valence-corrected chi connectivity index (χ0v) is 9.16. The van der Waals surface area contributed by atoms with Crippen LogP contribution < -0.4 is 0 Å². The van der Waals surface area contributed by atoms with Gasteiger partial charge < -0.3 is 9.47 Å². The van der Waals surface area contributed by atoms with Gasteiger partial charge in [-0.25, -0.2) is 0 Å². The molecule has 0 aliphatic heterocycles. The average Bonchev–Trinajstić information content (AvgIpc) is 2.62. The molecule has 1 rings (SSSR count). The Morgan fingerprint density at radius 1 is 1.59 bits per heavy atom. The predicted molar refractivity (Wildman–Crippen MR) is 56.3 cm³/mol. The Balaban J connectivity index is 2.89. The van der Waals surface area contributed by atoms with Crippen LogP contribution >= 0.6 is 0 Å². The quantitative estimate of drug-likeness (QED) is 0.744. The van der Waals surface area contributed by atoms with Crippen molar-refractivity contribution in [3.63, 3.8) is 0 Å². The van der Waals surface area contributed by atoms with Gasteiger partial charge in [0.25, 0.3) is 5.91 Å². The number of rotatable bonds is 3. The Morgan fingerprint density at radius 3 is 2.76 bits per heavy atom. The minimum atomic E-state index is -4.36. The van der Waals surface area contributed by atoms with Gasteiger partial charge in [0.1, 0.15) is 12.2 Å². The van der Waals surface area contributed by atoms with Crippen molar-refractivity contribution in [1.29, 1.82) is 0 Å². The number of amides is 1. The monoisotopic (exact) mass is 244 g/mol. The summed E-state index contributed by atoms with van der Waals surface area (Å²) >= 11 is 0. The maximum atomic E-state index is 12.2. The van der Waals surface area contributed by atoms with Crippen LogP contribution in [0.25, 0.3) is 0 Å². The molecule has 1 heterocycles. The van der Waals surface area contributed by atoms with E-state index in [9.17, 15) is 18.0 Å². The average molecular weight is 244 g/mol. The van der Waals surface area contributed by atoms with Gasteiger partial charge in [0.2, 0.25) is 0 Å². The lowest BCUT2D eigenvalue weighted by Gasteiger charge is -2.16. The van der Waals surface area contributed by atoms with Gasteiger partial charge in [-0.05, 0) is 12.1 Å². The molecule has 17 heavy (non-hydrogen) atoms. The second-order valence-electron chi connectivity index (χ2n) is 3.50. The first kappa shape index (κ1) is 13.2. The number of terminal acetylenes is 1. The number of alkyl halides is 3. The molecule has 0 aliphatic rings. The normalized spacial score (nSPS) is 11.0. The Hall–Kier alpha value is -1.90. The summed E-state index contributed by atoms with van der Waals surface area (Å²) in [5.41, 5.74) is -0.0277. The summed E-state index contributed by atoms with van der Waals surface area (Å²) in [6.07, 6.45) is 1.88. The lowest BCUT2D eigenvalue weighted by Crippen LogP contribution is -2.30. The Kier molecular flexibility index (Phi) is 3.84. The zero-order valence-electron chi connectivity index (χ0n) is 9.16. The van der Waals surface area contributed by atoms with Crippen LogP contribution in [-0.2, 0) is 6.54 Å². The molecule has 0 bridgehead atoms. The molecule has 0 atom stereocenters. The van der Waals surface area contributed by atoms with Gasteiger partial charge in [-0.3, -0.25) is 4.79 Å². The summed E-state index contributed by atoms with van der Waals surface area (Å²) in [7, 11) is 1.44. The van der Waals surface area contributed by atoms with Crippen molar-refractivity contribution in [2.24, 2.45) is 0 Å². The maximum Gasteiger partial charge on any atom is 0.406 e. The number of hydrogen-bond acceptors (Lipinski definition) is 1. The molecular weight excluding hydrogens is 233 g/mol. The van der Waals surface area contributed by atoms with E-state index >= 15 is 0 Å². The molecule has 0 N–H and O–H groups in total. The number of nitrogens with zero attached hydrogens (tertiary/aromatic N) is 2. The summed E-state index contributed by atoms with van der Waals surface area (Å²) in [6.45, 7) is -1.14. The molecule has 0 fully saturated rings. The molecule has 6 heteroatoms. The second-order valence-corrected chi connectivity index (χ2v) is 3.50. The van der Waals surface area contributed by atoms with Gasteiger partial charge >= 0.3 is 6.18 Å². The Morgan fingerprint density at radius 2 is 2.24 bits per heavy atom. The molecule has 3 nitrogen and oxygen atoms in total. The number of hydrogen-bond donors (Lipinski definition) is 0. The fraction of sp³-hybridized carbons (Fsp3) is 0.364. The lowest BCUT2D eigenvalue weighted by atomic mass is 10.3. The summed E-state index contributed by atoms with van der Waals surface area (Å²) in [6, 6.07) is 2.73. The van der Waals surface area contributed by atoms with Crippen molar-refractivity contribution in [2.75, 3.05) is 13.6 Å². The van der Waals surface area contributed by atoms with Crippen LogP contribution in [0.2, 0.25) is 0 Å². The summed E-state index contributed by atoms with van der Waals surface area (Å²) in [4.78, 5) is 12.9. The van der Waals surface area contributed by atoms with Crippen molar-refractivity contribution in [3.05, 3.63) is 24.0 Å². The third-order valence-electron chi connectivity index (χ3n) is 2.07. The molecule has 0 radical (unpaired) electrons. The van der Waals surface area contributed by atoms with E-state index in [0.29, 0.717) is 0 Å². The van der Waals surface area contributed by atoms with Gasteiger partial charge in [0, 0.05) is 13.2 Å². The molecule has 1 aromatic rings. The van der Waals surface area contributed by atoms with Gasteiger partial charge in [-0.1, -0.05) is 5.92 Å². The van der Waals surface area contributed by atoms with Crippen LogP contribution in [0.5, 0.6) is 0 Å². The number of carbonyl (C=O) groups excluding carboxylic acids is 1. The Labute approximate surface area is 96.8 Å². The van der Waals surface area contributed by atoms with E-state index in [0.717, 1.165) is 4.57 Å². The smallest absolute Gasteiger partial charge is 0.334 e. The van der Waals surface area contributed by atoms with E-state index in [1.807, 2.05) is 0 Å². The zero-order chi connectivity index (χ0) is 13.1. The first-order valence-electron chi connectivity index (χ1n) is 4.76. The van der Waals surface area contributed by atoms with Crippen molar-refractivity contribution >= 4 is 5.91 Å². The van der Waals surface area contributed by atoms with Crippen LogP contribution in [0.15, 0.2) is 18.3 Å². The van der Waals surface area contributed by atoms with E-state index in [1.54, 1.807) is 0 Å². The third-order valence-corrected chi connectivity index (χ3v) is 2.07. The Bertz CT molecular complexity index is 442. The topological polar surface area (TPSA) is 25.2 Å². The predicted octanol–water partition coefficient (Wildman–Crippen LogP) is 1.76. The second kappa shape index (κ2) is 4.95. The highest BCUT2D eigenvalue weighted by Crippen LogP contribution is 2.19. The largest absolute Gasteiger partial charge is 0.406 e. The van der Waals surface area contributed by atoms with Crippen molar-refractivity contribution < 1.29 is 18.0 Å². The van der Waals surface area contributed by atoms with Gasteiger partial charge in [-0.2, -0.15) is 13.2 Å². The van der Waals surface area contributed by atoms with Crippen LogP contribution in [0.3, 0.4) is 0 Å². The van der Waals surface area contributed by atoms with E-state index in [4.69, 9.17) is 6.42 Å². The number of carbonyl (C=O) groups is 1. The molecule has 1 aromatic heterocycles. The molecular formula is C11H11F3N2O. The van der Waals surface area contributed by atoms with Gasteiger partial charge in [0.15, 0.2) is 0 Å². The van der Waals surface area contributed by atoms with Crippen LogP contribution in [-0.4, -0.2) is 35.1 Å². The number of halogens is 3. The molecule has 0 saturated heterocycles. The summed E-state index contributed by atoms with van der Waals surface area (Å²) in [5.74, 6) is 1.72. The molecule has 1 amide bonds. The van der Waals surface area contributed by atoms with Crippen molar-refractivity contribution in [3.8, 4) is 12.3 Å². The summed E-state index contributed by atoms with van der Waals surface area (Å²) in [5, 5.41) is 0. The van der Waals surface area contributed by atoms with E-state index in [2.05, 4.69) is 5.92 Å². The molecule has 92 valence electrons. The van der Waals surface area contributed by atoms with Gasteiger partial charge in [-0.15, -0.1) is 6.42 Å². The van der Waals surface area contributed by atoms with Crippen molar-refractivity contribution in [1.82, 2.24) is 9.47 Å². The first-order valence-corrected chi connectivity index (χ1v) is 4.76. The summed E-state index contributed by atoms with van der Waals surface area (Å²) < 4.78 is 37.6. The highest BCUT2D eigenvalue weighted by atomic mass is 19.4. The van der Waals surface area contributed by atoms with Crippen LogP contribution in [0.4, 0.5) is 13.2 Å². The molecule has 0 saturated carbocycles. The maximum absolute atomic E-state index is 12.2. The van der Waals surface area contributed by atoms with Crippen molar-refractivity contribution in [2.45, 2.75) is 12.7 Å². The highest BCUT2D eigenvalue weighted by molar-refractivity contribution is 5.92. The van der Waals surface area contributed by atoms with Gasteiger partial charge in [0.05, 0.1) is 6.54 Å². The highest BCUT2D eigenvalue weighted by Gasteiger charge is 2.29.